The lowest BCUT2D eigenvalue weighted by molar-refractivity contribution is -0.119. The molecule has 28 heavy (non-hydrogen) atoms. The Morgan fingerprint density at radius 2 is 1.75 bits per heavy atom. The Bertz CT molecular complexity index is 1130. The van der Waals surface area contributed by atoms with Crippen LogP contribution in [0.15, 0.2) is 65.1 Å². The molecule has 0 fully saturated rings. The van der Waals surface area contributed by atoms with Crippen LogP contribution < -0.4 is 9.62 Å². The van der Waals surface area contributed by atoms with Crippen molar-refractivity contribution in [2.24, 2.45) is 0 Å². The molecule has 0 aliphatic carbocycles. The van der Waals surface area contributed by atoms with E-state index in [2.05, 4.69) is 21.2 Å². The van der Waals surface area contributed by atoms with Crippen molar-refractivity contribution in [3.8, 4) is 0 Å². The molecule has 0 saturated carbocycles. The molecule has 3 aromatic rings. The van der Waals surface area contributed by atoms with Crippen LogP contribution in [0.5, 0.6) is 0 Å². The van der Waals surface area contributed by atoms with Crippen LogP contribution in [0.4, 0.5) is 5.69 Å². The first kappa shape index (κ1) is 20.4. The largest absolute Gasteiger partial charge is 0.350 e. The number of hydrogen-bond donors (Lipinski definition) is 1. The number of halogens is 1. The molecule has 5 nitrogen and oxygen atoms in total. The maximum atomic E-state index is 12.4. The summed E-state index contributed by atoms with van der Waals surface area (Å²) < 4.78 is 26.4. The Hall–Kier alpha value is -2.38. The third kappa shape index (κ3) is 4.91. The highest BCUT2D eigenvalue weighted by atomic mass is 79.9. The van der Waals surface area contributed by atoms with Crippen molar-refractivity contribution in [1.82, 2.24) is 5.32 Å². The monoisotopic (exact) mass is 460 g/mol. The molecule has 0 bridgehead atoms. The maximum Gasteiger partial charge on any atom is 0.241 e. The van der Waals surface area contributed by atoms with Gasteiger partial charge in [0.05, 0.1) is 11.9 Å². The zero-order valence-corrected chi connectivity index (χ0v) is 18.0. The number of rotatable bonds is 6. The van der Waals surface area contributed by atoms with Crippen molar-refractivity contribution in [2.75, 3.05) is 17.1 Å². The fraction of sp³-hybridized carbons (Fsp3) is 0.190. The molecule has 0 unspecified atom stereocenters. The summed E-state index contributed by atoms with van der Waals surface area (Å²) >= 11 is 3.40. The first-order valence-electron chi connectivity index (χ1n) is 8.72. The van der Waals surface area contributed by atoms with Crippen molar-refractivity contribution < 1.29 is 13.2 Å². The van der Waals surface area contributed by atoms with Crippen molar-refractivity contribution in [1.29, 1.82) is 0 Å². The second-order valence-electron chi connectivity index (χ2n) is 6.66. The number of hydrogen-bond acceptors (Lipinski definition) is 3. The number of anilines is 1. The fourth-order valence-corrected chi connectivity index (χ4v) is 4.01. The van der Waals surface area contributed by atoms with Gasteiger partial charge in [-0.3, -0.25) is 9.10 Å². The first-order valence-corrected chi connectivity index (χ1v) is 11.4. The summed E-state index contributed by atoms with van der Waals surface area (Å²) in [6.07, 6.45) is 1.10. The number of amides is 1. The minimum absolute atomic E-state index is 0.270. The number of nitrogens with zero attached hydrogens (tertiary/aromatic N) is 1. The second-order valence-corrected chi connectivity index (χ2v) is 9.42. The SMILES string of the molecule is Cc1cc(N(CC(=O)NCc2ccc3ccccc3c2)S(C)(=O)=O)ccc1Br. The van der Waals surface area contributed by atoms with Crippen molar-refractivity contribution in [2.45, 2.75) is 13.5 Å². The average Bonchev–Trinajstić information content (AvgIpc) is 2.65. The Balaban J connectivity index is 1.72. The summed E-state index contributed by atoms with van der Waals surface area (Å²) in [5, 5.41) is 5.03. The molecule has 0 radical (unpaired) electrons. The molecule has 0 aromatic heterocycles. The Morgan fingerprint density at radius 3 is 2.43 bits per heavy atom. The lowest BCUT2D eigenvalue weighted by Gasteiger charge is -2.22. The van der Waals surface area contributed by atoms with Gasteiger partial charge in [0.1, 0.15) is 6.54 Å². The van der Waals surface area contributed by atoms with Crippen molar-refractivity contribution in [3.05, 3.63) is 76.3 Å². The van der Waals surface area contributed by atoms with E-state index in [0.29, 0.717) is 12.2 Å². The standard InChI is InChI=1S/C21H21BrN2O3S/c1-15-11-19(9-10-20(15)22)24(28(2,26)27)14-21(25)23-13-16-7-8-17-5-3-4-6-18(17)12-16/h3-12H,13-14H2,1-2H3,(H,23,25). The first-order chi connectivity index (χ1) is 13.2. The van der Waals surface area contributed by atoms with Gasteiger partial charge in [-0.05, 0) is 53.1 Å². The van der Waals surface area contributed by atoms with Gasteiger partial charge in [0.15, 0.2) is 0 Å². The molecule has 0 spiro atoms. The summed E-state index contributed by atoms with van der Waals surface area (Å²) in [5.41, 5.74) is 2.31. The quantitative estimate of drug-likeness (QED) is 0.604. The van der Waals surface area contributed by atoms with Crippen molar-refractivity contribution in [3.63, 3.8) is 0 Å². The molecular weight excluding hydrogens is 440 g/mol. The van der Waals surface area contributed by atoms with Crippen LogP contribution in [0.3, 0.4) is 0 Å². The number of carbonyl (C=O) groups is 1. The van der Waals surface area contributed by atoms with E-state index in [4.69, 9.17) is 0 Å². The van der Waals surface area contributed by atoms with Gasteiger partial charge in [0.2, 0.25) is 15.9 Å². The minimum atomic E-state index is -3.60. The fourth-order valence-electron chi connectivity index (χ4n) is 2.92. The molecule has 0 atom stereocenters. The van der Waals surface area contributed by atoms with E-state index in [1.165, 1.54) is 0 Å². The Labute approximate surface area is 173 Å². The van der Waals surface area contributed by atoms with Crippen LogP contribution in [0.25, 0.3) is 10.8 Å². The molecular formula is C21H21BrN2O3S. The molecule has 1 N–H and O–H groups in total. The van der Waals surface area contributed by atoms with Gasteiger partial charge in [-0.2, -0.15) is 0 Å². The summed E-state index contributed by atoms with van der Waals surface area (Å²) in [4.78, 5) is 12.4. The summed E-state index contributed by atoms with van der Waals surface area (Å²) in [7, 11) is -3.60. The molecule has 0 saturated heterocycles. The molecule has 3 aromatic carbocycles. The molecule has 0 heterocycles. The molecule has 7 heteroatoms. The highest BCUT2D eigenvalue weighted by Crippen LogP contribution is 2.24. The van der Waals surface area contributed by atoms with Crippen LogP contribution in [-0.2, 0) is 21.4 Å². The second kappa shape index (κ2) is 8.32. The zero-order chi connectivity index (χ0) is 20.3. The van der Waals surface area contributed by atoms with Gasteiger partial charge in [0.25, 0.3) is 0 Å². The van der Waals surface area contributed by atoms with E-state index in [1.807, 2.05) is 49.4 Å². The Kier molecular flexibility index (Phi) is 6.05. The number of fused-ring (bicyclic) bond motifs is 1. The van der Waals surface area contributed by atoms with Crippen molar-refractivity contribution >= 4 is 48.3 Å². The maximum absolute atomic E-state index is 12.4. The lowest BCUT2D eigenvalue weighted by atomic mass is 10.1. The van der Waals surface area contributed by atoms with Crippen LogP contribution in [-0.4, -0.2) is 27.1 Å². The van der Waals surface area contributed by atoms with Gasteiger partial charge in [-0.1, -0.05) is 52.3 Å². The topological polar surface area (TPSA) is 66.5 Å². The van der Waals surface area contributed by atoms with E-state index in [9.17, 15) is 13.2 Å². The predicted molar refractivity (Wildman–Crippen MR) is 117 cm³/mol. The number of sulfonamides is 1. The van der Waals surface area contributed by atoms with E-state index < -0.39 is 10.0 Å². The number of benzene rings is 3. The van der Waals surface area contributed by atoms with E-state index in [1.54, 1.807) is 18.2 Å². The van der Waals surface area contributed by atoms with Gasteiger partial charge >= 0.3 is 0 Å². The third-order valence-electron chi connectivity index (χ3n) is 4.42. The number of carbonyl (C=O) groups excluding carboxylic acids is 1. The molecule has 1 amide bonds. The highest BCUT2D eigenvalue weighted by Gasteiger charge is 2.21. The smallest absolute Gasteiger partial charge is 0.241 e. The number of aryl methyl sites for hydroxylation is 1. The Morgan fingerprint density at radius 1 is 1.04 bits per heavy atom. The van der Waals surface area contributed by atoms with Gasteiger partial charge in [-0.15, -0.1) is 0 Å². The number of nitrogens with one attached hydrogen (secondary N) is 1. The molecule has 3 rings (SSSR count). The lowest BCUT2D eigenvalue weighted by Crippen LogP contribution is -2.40. The van der Waals surface area contributed by atoms with Crippen LogP contribution in [0, 0.1) is 6.92 Å². The van der Waals surface area contributed by atoms with Gasteiger partial charge in [0, 0.05) is 11.0 Å². The minimum Gasteiger partial charge on any atom is -0.350 e. The summed E-state index contributed by atoms with van der Waals surface area (Å²) in [6, 6.07) is 19.2. The van der Waals surface area contributed by atoms with Gasteiger partial charge < -0.3 is 5.32 Å². The normalized spacial score (nSPS) is 11.4. The summed E-state index contributed by atoms with van der Waals surface area (Å²) in [5.74, 6) is -0.362. The summed E-state index contributed by atoms with van der Waals surface area (Å²) in [6.45, 7) is 1.93. The zero-order valence-electron chi connectivity index (χ0n) is 15.6. The van der Waals surface area contributed by atoms with E-state index in [-0.39, 0.29) is 12.5 Å². The predicted octanol–water partition coefficient (Wildman–Crippen LogP) is 3.99. The van der Waals surface area contributed by atoms with Crippen LogP contribution in [0.2, 0.25) is 0 Å². The molecule has 0 aliphatic heterocycles. The average molecular weight is 461 g/mol. The molecule has 0 aliphatic rings. The van der Waals surface area contributed by atoms with Crippen LogP contribution in [0.1, 0.15) is 11.1 Å². The highest BCUT2D eigenvalue weighted by molar-refractivity contribution is 9.10. The van der Waals surface area contributed by atoms with E-state index >= 15 is 0 Å². The van der Waals surface area contributed by atoms with Crippen LogP contribution >= 0.6 is 15.9 Å². The molecule has 146 valence electrons. The van der Waals surface area contributed by atoms with Gasteiger partial charge in [-0.25, -0.2) is 8.42 Å². The third-order valence-corrected chi connectivity index (χ3v) is 6.45. The van der Waals surface area contributed by atoms with E-state index in [0.717, 1.165) is 36.9 Å².